The first-order valence-corrected chi connectivity index (χ1v) is 9.54. The maximum atomic E-state index is 12.4. The molecule has 0 spiro atoms. The number of carbonyl (C=O) groups is 1. The highest BCUT2D eigenvalue weighted by molar-refractivity contribution is 7.17. The van der Waals surface area contributed by atoms with E-state index in [1.807, 2.05) is 42.5 Å². The first-order valence-electron chi connectivity index (χ1n) is 8.73. The van der Waals surface area contributed by atoms with Crippen molar-refractivity contribution in [3.05, 3.63) is 75.5 Å². The van der Waals surface area contributed by atoms with E-state index >= 15 is 0 Å². The number of allylic oxidation sites excluding steroid dienone is 1. The van der Waals surface area contributed by atoms with Crippen LogP contribution in [0.4, 0.5) is 10.7 Å². The third-order valence-electron chi connectivity index (χ3n) is 4.09. The van der Waals surface area contributed by atoms with Crippen LogP contribution in [-0.2, 0) is 4.74 Å². The summed E-state index contributed by atoms with van der Waals surface area (Å²) in [6.45, 7) is 1.95. The number of para-hydroxylation sites is 1. The number of aromatic hydroxyl groups is 1. The molecule has 0 aliphatic carbocycles. The number of thiophene rings is 1. The van der Waals surface area contributed by atoms with Crippen molar-refractivity contribution in [3.63, 3.8) is 0 Å². The molecule has 2 aromatic heterocycles. The third-order valence-corrected chi connectivity index (χ3v) is 5.13. The molecule has 0 atom stereocenters. The van der Waals surface area contributed by atoms with Crippen molar-refractivity contribution in [3.8, 4) is 5.75 Å². The molecule has 28 heavy (non-hydrogen) atoms. The van der Waals surface area contributed by atoms with Crippen molar-refractivity contribution in [2.75, 3.05) is 11.9 Å². The lowest BCUT2D eigenvalue weighted by molar-refractivity contribution is 0.0525. The molecule has 0 unspecified atom stereocenters. The van der Waals surface area contributed by atoms with E-state index in [0.717, 1.165) is 16.3 Å². The second-order valence-electron chi connectivity index (χ2n) is 5.99. The van der Waals surface area contributed by atoms with Crippen LogP contribution in [0.3, 0.4) is 0 Å². The lowest BCUT2D eigenvalue weighted by atomic mass is 10.2. The Kier molecular flexibility index (Phi) is 4.90. The summed E-state index contributed by atoms with van der Waals surface area (Å²) >= 11 is 1.27. The topological polar surface area (TPSA) is 83.8 Å². The van der Waals surface area contributed by atoms with Gasteiger partial charge in [0.15, 0.2) is 0 Å². The first-order chi connectivity index (χ1) is 13.7. The zero-order chi connectivity index (χ0) is 19.5. The number of aromatic nitrogens is 1. The number of pyridine rings is 1. The Morgan fingerprint density at radius 1 is 1.29 bits per heavy atom. The number of anilines is 2. The number of fused-ring (bicyclic) bond motifs is 1. The van der Waals surface area contributed by atoms with E-state index in [9.17, 15) is 9.90 Å². The Morgan fingerprint density at radius 3 is 2.86 bits per heavy atom. The van der Waals surface area contributed by atoms with Crippen LogP contribution in [0.25, 0.3) is 12.2 Å². The summed E-state index contributed by atoms with van der Waals surface area (Å²) in [6.07, 6.45) is 7.05. The molecule has 0 amide bonds. The van der Waals surface area contributed by atoms with Gasteiger partial charge in [-0.2, -0.15) is 0 Å². The number of esters is 1. The number of ether oxygens (including phenoxy) is 1. The molecule has 1 aromatic carbocycles. The van der Waals surface area contributed by atoms with Gasteiger partial charge in [-0.05, 0) is 37.3 Å². The van der Waals surface area contributed by atoms with Crippen LogP contribution in [0, 0.1) is 0 Å². The molecule has 1 aliphatic heterocycles. The second kappa shape index (κ2) is 7.66. The van der Waals surface area contributed by atoms with Crippen molar-refractivity contribution < 1.29 is 14.6 Å². The standard InChI is InChI=1S/C21H17N3O3S/c1-2-27-21(26)18-19(25)17(28-20(18)24-14-6-4-3-5-7-14)11-15-10-13-8-9-22-12-16(13)23-15/h3-12,24-25H,2H2,1H3/b15-11+. The molecule has 140 valence electrons. The van der Waals surface area contributed by atoms with Crippen molar-refractivity contribution in [2.24, 2.45) is 4.99 Å². The van der Waals surface area contributed by atoms with Crippen LogP contribution >= 0.6 is 11.3 Å². The number of hydrogen-bond donors (Lipinski definition) is 2. The fourth-order valence-electron chi connectivity index (χ4n) is 2.82. The van der Waals surface area contributed by atoms with E-state index in [1.165, 1.54) is 11.3 Å². The summed E-state index contributed by atoms with van der Waals surface area (Å²) in [7, 11) is 0. The van der Waals surface area contributed by atoms with Gasteiger partial charge in [-0.3, -0.25) is 4.98 Å². The summed E-state index contributed by atoms with van der Waals surface area (Å²) in [5, 5.41) is 16.2. The summed E-state index contributed by atoms with van der Waals surface area (Å²) in [5.41, 5.74) is 1.62. The van der Waals surface area contributed by atoms with E-state index in [1.54, 1.807) is 25.4 Å². The highest BCUT2D eigenvalue weighted by Crippen LogP contribution is 2.42. The summed E-state index contributed by atoms with van der Waals surface area (Å²) in [6, 6.07) is 11.3. The molecule has 3 aromatic rings. The lowest BCUT2D eigenvalue weighted by Gasteiger charge is -2.07. The van der Waals surface area contributed by atoms with Gasteiger partial charge in [0.2, 0.25) is 0 Å². The molecule has 7 heteroatoms. The molecular weight excluding hydrogens is 374 g/mol. The van der Waals surface area contributed by atoms with Gasteiger partial charge in [0.1, 0.15) is 16.3 Å². The largest absolute Gasteiger partial charge is 0.505 e. The van der Waals surface area contributed by atoms with Gasteiger partial charge in [0, 0.05) is 17.1 Å². The predicted octanol–water partition coefficient (Wildman–Crippen LogP) is 3.22. The van der Waals surface area contributed by atoms with Crippen molar-refractivity contribution >= 4 is 40.1 Å². The van der Waals surface area contributed by atoms with Gasteiger partial charge in [-0.1, -0.05) is 18.2 Å². The van der Waals surface area contributed by atoms with E-state index < -0.39 is 5.97 Å². The lowest BCUT2D eigenvalue weighted by Crippen LogP contribution is -2.20. The smallest absolute Gasteiger partial charge is 0.344 e. The zero-order valence-electron chi connectivity index (χ0n) is 15.0. The third kappa shape index (κ3) is 3.52. The number of nitrogens with one attached hydrogen (secondary N) is 1. The molecular formula is C21H17N3O3S. The maximum absolute atomic E-state index is 12.4. The van der Waals surface area contributed by atoms with Crippen molar-refractivity contribution in [1.29, 1.82) is 0 Å². The highest BCUT2D eigenvalue weighted by atomic mass is 32.1. The van der Waals surface area contributed by atoms with Crippen LogP contribution in [0.2, 0.25) is 0 Å². The zero-order valence-corrected chi connectivity index (χ0v) is 15.9. The van der Waals surface area contributed by atoms with Gasteiger partial charge in [0.25, 0.3) is 0 Å². The van der Waals surface area contributed by atoms with E-state index in [2.05, 4.69) is 15.3 Å². The van der Waals surface area contributed by atoms with Crippen LogP contribution in [0.5, 0.6) is 5.75 Å². The van der Waals surface area contributed by atoms with E-state index in [0.29, 0.717) is 15.6 Å². The molecule has 0 bridgehead atoms. The molecule has 4 rings (SSSR count). The van der Waals surface area contributed by atoms with Crippen LogP contribution < -0.4 is 15.9 Å². The monoisotopic (exact) mass is 391 g/mol. The average molecular weight is 391 g/mol. The van der Waals surface area contributed by atoms with Crippen LogP contribution in [0.15, 0.2) is 59.5 Å². The Balaban J connectivity index is 1.76. The highest BCUT2D eigenvalue weighted by Gasteiger charge is 2.24. The van der Waals surface area contributed by atoms with Gasteiger partial charge >= 0.3 is 5.97 Å². The number of rotatable bonds is 5. The van der Waals surface area contributed by atoms with E-state index in [4.69, 9.17) is 4.74 Å². The van der Waals surface area contributed by atoms with Gasteiger partial charge < -0.3 is 15.2 Å². The first kappa shape index (κ1) is 17.9. The van der Waals surface area contributed by atoms with Crippen molar-refractivity contribution in [2.45, 2.75) is 6.92 Å². The minimum Gasteiger partial charge on any atom is -0.505 e. The molecule has 2 N–H and O–H groups in total. The summed E-state index contributed by atoms with van der Waals surface area (Å²) in [4.78, 5) is 21.5. The summed E-state index contributed by atoms with van der Waals surface area (Å²) < 4.78 is 5.13. The molecule has 0 fully saturated rings. The summed E-state index contributed by atoms with van der Waals surface area (Å²) in [5.74, 6) is -0.689. The normalized spacial score (nSPS) is 13.5. The Labute approximate surface area is 165 Å². The molecule has 0 saturated carbocycles. The molecule has 6 nitrogen and oxygen atoms in total. The molecule has 0 radical (unpaired) electrons. The fourth-order valence-corrected chi connectivity index (χ4v) is 3.87. The molecule has 1 aliphatic rings. The fraction of sp³-hybridized carbons (Fsp3) is 0.0952. The van der Waals surface area contributed by atoms with Crippen LogP contribution in [-0.4, -0.2) is 22.7 Å². The van der Waals surface area contributed by atoms with Crippen molar-refractivity contribution in [1.82, 2.24) is 4.98 Å². The number of hydrogen-bond acceptors (Lipinski definition) is 7. The van der Waals surface area contributed by atoms with Gasteiger partial charge in [0.05, 0.1) is 28.7 Å². The predicted molar refractivity (Wildman–Crippen MR) is 109 cm³/mol. The minimum absolute atomic E-state index is 0.118. The van der Waals surface area contributed by atoms with Crippen LogP contribution in [0.1, 0.15) is 22.2 Å². The number of nitrogens with zero attached hydrogens (tertiary/aromatic N) is 2. The quantitative estimate of drug-likeness (QED) is 0.653. The molecule has 0 saturated heterocycles. The average Bonchev–Trinajstić information content (AvgIpc) is 3.23. The Hall–Kier alpha value is -3.45. The Bertz CT molecular complexity index is 1150. The van der Waals surface area contributed by atoms with Gasteiger partial charge in [-0.25, -0.2) is 9.79 Å². The minimum atomic E-state index is -0.570. The number of benzene rings is 1. The second-order valence-corrected chi connectivity index (χ2v) is 7.04. The SMILES string of the molecule is CCOC(=O)c1c(Nc2ccccc2)sc(/C=C2\C=c3ccncc3=N2)c1O. The maximum Gasteiger partial charge on any atom is 0.344 e. The number of carbonyl (C=O) groups excluding carboxylic acids is 1. The Morgan fingerprint density at radius 2 is 2.11 bits per heavy atom. The van der Waals surface area contributed by atoms with E-state index in [-0.39, 0.29) is 17.9 Å². The molecule has 3 heterocycles. The van der Waals surface area contributed by atoms with Gasteiger partial charge in [-0.15, -0.1) is 11.3 Å².